The second-order valence-corrected chi connectivity index (χ2v) is 5.09. The molecule has 0 aliphatic carbocycles. The molecule has 1 aromatic rings. The summed E-state index contributed by atoms with van der Waals surface area (Å²) >= 11 is 0. The minimum atomic E-state index is 0.274. The number of ether oxygens (including phenoxy) is 3. The highest BCUT2D eigenvalue weighted by atomic mass is 16.7. The van der Waals surface area contributed by atoms with Gasteiger partial charge in [-0.3, -0.25) is 0 Å². The zero-order chi connectivity index (χ0) is 13.8. The molecule has 0 radical (unpaired) electrons. The average molecular weight is 263 g/mol. The molecule has 0 bridgehead atoms. The fourth-order valence-electron chi connectivity index (χ4n) is 1.75. The molecular formula is C15H21NO3. The molecule has 0 atom stereocenters. The van der Waals surface area contributed by atoms with Gasteiger partial charge in [0.2, 0.25) is 6.79 Å². The first kappa shape index (κ1) is 13.7. The maximum absolute atomic E-state index is 5.78. The number of hydrogen-bond acceptors (Lipinski definition) is 4. The second-order valence-electron chi connectivity index (χ2n) is 5.09. The van der Waals surface area contributed by atoms with Crippen molar-refractivity contribution in [2.45, 2.75) is 33.4 Å². The summed E-state index contributed by atoms with van der Waals surface area (Å²) in [4.78, 5) is 0. The van der Waals surface area contributed by atoms with Crippen LogP contribution >= 0.6 is 0 Å². The van der Waals surface area contributed by atoms with E-state index in [9.17, 15) is 0 Å². The lowest BCUT2D eigenvalue weighted by atomic mass is 10.1. The summed E-state index contributed by atoms with van der Waals surface area (Å²) < 4.78 is 16.6. The summed E-state index contributed by atoms with van der Waals surface area (Å²) in [5, 5.41) is 3.38. The van der Waals surface area contributed by atoms with E-state index in [1.165, 1.54) is 0 Å². The van der Waals surface area contributed by atoms with Crippen LogP contribution in [0, 0.1) is 0 Å². The molecule has 0 spiro atoms. The van der Waals surface area contributed by atoms with Gasteiger partial charge in [-0.25, -0.2) is 0 Å². The highest BCUT2D eigenvalue weighted by Crippen LogP contribution is 2.38. The molecule has 1 aliphatic rings. The summed E-state index contributed by atoms with van der Waals surface area (Å²) in [6.45, 7) is 11.5. The second kappa shape index (κ2) is 5.97. The summed E-state index contributed by atoms with van der Waals surface area (Å²) in [7, 11) is 0. The Kier molecular flexibility index (Phi) is 4.32. The van der Waals surface area contributed by atoms with Gasteiger partial charge in [0.05, 0.1) is 0 Å². The normalized spacial score (nSPS) is 12.8. The van der Waals surface area contributed by atoms with Gasteiger partial charge < -0.3 is 19.5 Å². The van der Waals surface area contributed by atoms with Crippen LogP contribution in [0.3, 0.4) is 0 Å². The summed E-state index contributed by atoms with van der Waals surface area (Å²) in [6, 6.07) is 4.29. The van der Waals surface area contributed by atoms with Crippen molar-refractivity contribution in [1.29, 1.82) is 0 Å². The monoisotopic (exact) mass is 263 g/mol. The van der Waals surface area contributed by atoms with Crippen LogP contribution in [0.5, 0.6) is 17.2 Å². The maximum Gasteiger partial charge on any atom is 0.231 e. The molecule has 0 amide bonds. The van der Waals surface area contributed by atoms with Gasteiger partial charge in [-0.1, -0.05) is 20.4 Å². The molecule has 2 rings (SSSR count). The molecular weight excluding hydrogens is 242 g/mol. The highest BCUT2D eigenvalue weighted by Gasteiger charge is 2.18. The lowest BCUT2D eigenvalue weighted by molar-refractivity contribution is 0.173. The van der Waals surface area contributed by atoms with Crippen molar-refractivity contribution in [3.8, 4) is 17.2 Å². The van der Waals surface area contributed by atoms with E-state index < -0.39 is 0 Å². The van der Waals surface area contributed by atoms with Crippen molar-refractivity contribution in [2.75, 3.05) is 13.4 Å². The molecule has 0 fully saturated rings. The van der Waals surface area contributed by atoms with Crippen molar-refractivity contribution < 1.29 is 14.2 Å². The van der Waals surface area contributed by atoms with Crippen LogP contribution in [-0.4, -0.2) is 19.4 Å². The Bertz CT molecular complexity index is 469. The Morgan fingerprint density at radius 2 is 2.05 bits per heavy atom. The van der Waals surface area contributed by atoms with Gasteiger partial charge in [-0.15, -0.1) is 0 Å². The zero-order valence-corrected chi connectivity index (χ0v) is 11.8. The number of hydrogen-bond donors (Lipinski definition) is 1. The predicted octanol–water partition coefficient (Wildman–Crippen LogP) is 2.87. The van der Waals surface area contributed by atoms with E-state index in [1.807, 2.05) is 19.1 Å². The Morgan fingerprint density at radius 1 is 1.37 bits per heavy atom. The first-order valence-corrected chi connectivity index (χ1v) is 6.49. The van der Waals surface area contributed by atoms with Gasteiger partial charge in [0.15, 0.2) is 11.5 Å². The summed E-state index contributed by atoms with van der Waals surface area (Å²) in [5.41, 5.74) is 2.06. The molecule has 19 heavy (non-hydrogen) atoms. The average Bonchev–Trinajstić information content (AvgIpc) is 2.79. The smallest absolute Gasteiger partial charge is 0.231 e. The molecule has 4 heteroatoms. The molecule has 104 valence electrons. The van der Waals surface area contributed by atoms with Crippen LogP contribution in [0.1, 0.15) is 26.3 Å². The van der Waals surface area contributed by atoms with Gasteiger partial charge in [-0.2, -0.15) is 0 Å². The number of fused-ring (bicyclic) bond motifs is 1. The first-order valence-electron chi connectivity index (χ1n) is 6.49. The Morgan fingerprint density at radius 3 is 2.68 bits per heavy atom. The van der Waals surface area contributed by atoms with E-state index in [2.05, 4.69) is 25.7 Å². The lowest BCUT2D eigenvalue weighted by Crippen LogP contribution is -2.22. The van der Waals surface area contributed by atoms with E-state index in [0.717, 1.165) is 34.9 Å². The third kappa shape index (κ3) is 3.64. The lowest BCUT2D eigenvalue weighted by Gasteiger charge is -2.14. The van der Waals surface area contributed by atoms with Crippen molar-refractivity contribution in [1.82, 2.24) is 5.32 Å². The van der Waals surface area contributed by atoms with Crippen molar-refractivity contribution >= 4 is 0 Å². The molecule has 1 heterocycles. The van der Waals surface area contributed by atoms with Crippen LogP contribution in [-0.2, 0) is 6.54 Å². The van der Waals surface area contributed by atoms with E-state index >= 15 is 0 Å². The first-order chi connectivity index (χ1) is 9.06. The Hall–Kier alpha value is -1.68. The highest BCUT2D eigenvalue weighted by molar-refractivity contribution is 5.51. The van der Waals surface area contributed by atoms with Gasteiger partial charge in [0.1, 0.15) is 12.4 Å². The van der Waals surface area contributed by atoms with Gasteiger partial charge in [0.25, 0.3) is 0 Å². The van der Waals surface area contributed by atoms with Crippen LogP contribution < -0.4 is 19.5 Å². The SMILES string of the molecule is C=C(C)COc1cc2c(cc1CNC(C)C)OCO2. The number of benzene rings is 1. The molecule has 1 N–H and O–H groups in total. The van der Waals surface area contributed by atoms with E-state index in [1.54, 1.807) is 0 Å². The van der Waals surface area contributed by atoms with Crippen molar-refractivity contribution in [3.63, 3.8) is 0 Å². The molecule has 1 aliphatic heterocycles. The minimum Gasteiger partial charge on any atom is -0.489 e. The summed E-state index contributed by atoms with van der Waals surface area (Å²) in [5.74, 6) is 2.34. The van der Waals surface area contributed by atoms with Crippen molar-refractivity contribution in [3.05, 3.63) is 29.8 Å². The van der Waals surface area contributed by atoms with E-state index in [-0.39, 0.29) is 6.79 Å². The van der Waals surface area contributed by atoms with Crippen LogP contribution in [0.15, 0.2) is 24.3 Å². The summed E-state index contributed by atoms with van der Waals surface area (Å²) in [6.07, 6.45) is 0. The zero-order valence-electron chi connectivity index (χ0n) is 11.8. The molecule has 0 unspecified atom stereocenters. The number of rotatable bonds is 6. The number of nitrogens with one attached hydrogen (secondary N) is 1. The van der Waals surface area contributed by atoms with E-state index in [0.29, 0.717) is 12.6 Å². The third-order valence-electron chi connectivity index (χ3n) is 2.73. The van der Waals surface area contributed by atoms with Gasteiger partial charge >= 0.3 is 0 Å². The molecule has 1 aromatic carbocycles. The van der Waals surface area contributed by atoms with Crippen molar-refractivity contribution in [2.24, 2.45) is 0 Å². The molecule has 0 aromatic heterocycles. The fraction of sp³-hybridized carbons (Fsp3) is 0.467. The Labute approximate surface area is 114 Å². The maximum atomic E-state index is 5.78. The molecule has 0 saturated carbocycles. The fourth-order valence-corrected chi connectivity index (χ4v) is 1.75. The third-order valence-corrected chi connectivity index (χ3v) is 2.73. The van der Waals surface area contributed by atoms with Crippen LogP contribution in [0.4, 0.5) is 0 Å². The van der Waals surface area contributed by atoms with Gasteiger partial charge in [0, 0.05) is 24.2 Å². The van der Waals surface area contributed by atoms with Crippen LogP contribution in [0.25, 0.3) is 0 Å². The van der Waals surface area contributed by atoms with E-state index in [4.69, 9.17) is 14.2 Å². The Balaban J connectivity index is 2.19. The van der Waals surface area contributed by atoms with Crippen LogP contribution in [0.2, 0.25) is 0 Å². The van der Waals surface area contributed by atoms with Gasteiger partial charge in [-0.05, 0) is 18.6 Å². The standard InChI is InChI=1S/C15H21NO3/c1-10(2)8-17-13-6-15-14(18-9-19-15)5-12(13)7-16-11(3)4/h5-6,11,16H,1,7-9H2,2-4H3. The topological polar surface area (TPSA) is 39.7 Å². The quantitative estimate of drug-likeness (QED) is 0.801. The molecule has 0 saturated heterocycles. The predicted molar refractivity (Wildman–Crippen MR) is 74.8 cm³/mol. The molecule has 4 nitrogen and oxygen atoms in total. The minimum absolute atomic E-state index is 0.274. The largest absolute Gasteiger partial charge is 0.489 e.